The molecule has 0 aromatic heterocycles. The van der Waals surface area contributed by atoms with Crippen LogP contribution in [0.5, 0.6) is 5.75 Å². The summed E-state index contributed by atoms with van der Waals surface area (Å²) in [5.41, 5.74) is 0.957. The predicted molar refractivity (Wildman–Crippen MR) is 76.8 cm³/mol. The lowest BCUT2D eigenvalue weighted by Crippen LogP contribution is -2.38. The number of likely N-dealkylation sites (N-methyl/N-ethyl adjacent to an activating group) is 1. The molecule has 1 saturated heterocycles. The minimum atomic E-state index is -0.468. The van der Waals surface area contributed by atoms with E-state index >= 15 is 0 Å². The number of β-amino-alcohol motifs (C(OH)–C–C–N with tert-alkyl or cyclic N) is 1. The number of likely N-dealkylation sites (tertiary alicyclic amines) is 1. The Labute approximate surface area is 119 Å². The second kappa shape index (κ2) is 6.24. The Kier molecular flexibility index (Phi) is 4.62. The number of rotatable bonds is 4. The van der Waals surface area contributed by atoms with Gasteiger partial charge in [0.1, 0.15) is 5.75 Å². The first kappa shape index (κ1) is 14.8. The van der Waals surface area contributed by atoms with Crippen molar-refractivity contribution >= 4 is 5.91 Å². The molecule has 5 heteroatoms. The molecule has 0 aliphatic carbocycles. The van der Waals surface area contributed by atoms with E-state index in [1.165, 1.54) is 0 Å². The highest BCUT2D eigenvalue weighted by molar-refractivity contribution is 5.79. The standard InChI is InChI=1S/C15H22N2O3/c1-16(2)13-9-17(10-14(13)18)15(19)8-11-4-6-12(20-3)7-5-11/h4-7,13-14,18H,8-10H2,1-3H3/t13-,14-/m1/s1. The molecule has 0 saturated carbocycles. The number of methoxy groups -OCH3 is 1. The number of carbonyl (C=O) groups is 1. The Morgan fingerprint density at radius 2 is 2.00 bits per heavy atom. The highest BCUT2D eigenvalue weighted by Crippen LogP contribution is 2.17. The average Bonchev–Trinajstić information content (AvgIpc) is 2.82. The van der Waals surface area contributed by atoms with Gasteiger partial charge in [0, 0.05) is 13.1 Å². The zero-order valence-electron chi connectivity index (χ0n) is 12.2. The van der Waals surface area contributed by atoms with Crippen LogP contribution >= 0.6 is 0 Å². The molecule has 0 unspecified atom stereocenters. The van der Waals surface area contributed by atoms with Crippen LogP contribution in [0.25, 0.3) is 0 Å². The summed E-state index contributed by atoms with van der Waals surface area (Å²) in [4.78, 5) is 15.9. The van der Waals surface area contributed by atoms with Crippen molar-refractivity contribution in [2.45, 2.75) is 18.6 Å². The molecule has 1 amide bonds. The molecule has 1 aliphatic heterocycles. The van der Waals surface area contributed by atoms with Crippen molar-refractivity contribution in [1.82, 2.24) is 9.80 Å². The Hall–Kier alpha value is -1.59. The van der Waals surface area contributed by atoms with E-state index in [4.69, 9.17) is 4.74 Å². The topological polar surface area (TPSA) is 53.0 Å². The smallest absolute Gasteiger partial charge is 0.227 e. The second-order valence-corrected chi connectivity index (χ2v) is 5.42. The van der Waals surface area contributed by atoms with Gasteiger partial charge in [-0.15, -0.1) is 0 Å². The van der Waals surface area contributed by atoms with Gasteiger partial charge in [0.05, 0.1) is 25.7 Å². The van der Waals surface area contributed by atoms with Gasteiger partial charge < -0.3 is 19.6 Å². The lowest BCUT2D eigenvalue weighted by Gasteiger charge is -2.21. The molecule has 1 N–H and O–H groups in total. The Morgan fingerprint density at radius 3 is 2.50 bits per heavy atom. The fourth-order valence-electron chi connectivity index (χ4n) is 2.51. The van der Waals surface area contributed by atoms with Crippen LogP contribution in [0.3, 0.4) is 0 Å². The summed E-state index contributed by atoms with van der Waals surface area (Å²) >= 11 is 0. The van der Waals surface area contributed by atoms with Crippen molar-refractivity contribution in [3.05, 3.63) is 29.8 Å². The molecule has 0 bridgehead atoms. The van der Waals surface area contributed by atoms with Gasteiger partial charge in [-0.2, -0.15) is 0 Å². The van der Waals surface area contributed by atoms with Gasteiger partial charge in [-0.25, -0.2) is 0 Å². The lowest BCUT2D eigenvalue weighted by molar-refractivity contribution is -0.129. The van der Waals surface area contributed by atoms with Gasteiger partial charge in [-0.05, 0) is 31.8 Å². The Morgan fingerprint density at radius 1 is 1.35 bits per heavy atom. The van der Waals surface area contributed by atoms with Gasteiger partial charge in [-0.1, -0.05) is 12.1 Å². The van der Waals surface area contributed by atoms with E-state index in [-0.39, 0.29) is 11.9 Å². The maximum absolute atomic E-state index is 12.2. The third-order valence-electron chi connectivity index (χ3n) is 3.79. The third kappa shape index (κ3) is 3.29. The number of aliphatic hydroxyl groups excluding tert-OH is 1. The van der Waals surface area contributed by atoms with Crippen molar-refractivity contribution in [2.75, 3.05) is 34.3 Å². The van der Waals surface area contributed by atoms with E-state index in [0.29, 0.717) is 19.5 Å². The summed E-state index contributed by atoms with van der Waals surface area (Å²) in [5.74, 6) is 0.837. The monoisotopic (exact) mass is 278 g/mol. The highest BCUT2D eigenvalue weighted by atomic mass is 16.5. The van der Waals surface area contributed by atoms with E-state index in [1.54, 1.807) is 12.0 Å². The quantitative estimate of drug-likeness (QED) is 0.864. The summed E-state index contributed by atoms with van der Waals surface area (Å²) in [6.45, 7) is 1.00. The molecule has 0 radical (unpaired) electrons. The van der Waals surface area contributed by atoms with Crippen LogP contribution < -0.4 is 4.74 Å². The number of carbonyl (C=O) groups excluding carboxylic acids is 1. The van der Waals surface area contributed by atoms with Crippen molar-refractivity contribution in [3.63, 3.8) is 0 Å². The van der Waals surface area contributed by atoms with Crippen LogP contribution in [0.15, 0.2) is 24.3 Å². The van der Waals surface area contributed by atoms with Crippen LogP contribution in [0.1, 0.15) is 5.56 Å². The van der Waals surface area contributed by atoms with E-state index in [9.17, 15) is 9.90 Å². The molecule has 1 aliphatic rings. The number of ether oxygens (including phenoxy) is 1. The normalized spacial score (nSPS) is 22.4. The van der Waals surface area contributed by atoms with Gasteiger partial charge in [-0.3, -0.25) is 4.79 Å². The maximum atomic E-state index is 12.2. The molecule has 1 heterocycles. The summed E-state index contributed by atoms with van der Waals surface area (Å²) in [5, 5.41) is 9.96. The van der Waals surface area contributed by atoms with Crippen molar-refractivity contribution in [3.8, 4) is 5.75 Å². The molecule has 1 fully saturated rings. The molecule has 110 valence electrons. The fraction of sp³-hybridized carbons (Fsp3) is 0.533. The Balaban J connectivity index is 1.95. The number of amides is 1. The lowest BCUT2D eigenvalue weighted by atomic mass is 10.1. The molecular formula is C15H22N2O3. The zero-order valence-corrected chi connectivity index (χ0v) is 12.2. The van der Waals surface area contributed by atoms with E-state index in [0.717, 1.165) is 11.3 Å². The third-order valence-corrected chi connectivity index (χ3v) is 3.79. The molecule has 20 heavy (non-hydrogen) atoms. The predicted octanol–water partition coefficient (Wildman–Crippen LogP) is 0.371. The van der Waals surface area contributed by atoms with Crippen LogP contribution in [0, 0.1) is 0 Å². The molecule has 1 aromatic rings. The van der Waals surface area contributed by atoms with Crippen molar-refractivity contribution < 1.29 is 14.6 Å². The van der Waals surface area contributed by atoms with E-state index in [2.05, 4.69) is 0 Å². The van der Waals surface area contributed by atoms with Crippen molar-refractivity contribution in [2.24, 2.45) is 0 Å². The molecule has 5 nitrogen and oxygen atoms in total. The maximum Gasteiger partial charge on any atom is 0.227 e. The number of nitrogens with zero attached hydrogens (tertiary/aromatic N) is 2. The van der Waals surface area contributed by atoms with Crippen LogP contribution in [-0.4, -0.2) is 67.3 Å². The first-order valence-corrected chi connectivity index (χ1v) is 6.76. The van der Waals surface area contributed by atoms with E-state index in [1.807, 2.05) is 43.3 Å². The Bertz CT molecular complexity index is 459. The zero-order chi connectivity index (χ0) is 14.7. The number of hydrogen-bond acceptors (Lipinski definition) is 4. The number of benzene rings is 1. The minimum absolute atomic E-state index is 0.0230. The summed E-state index contributed by atoms with van der Waals surface area (Å²) in [7, 11) is 5.46. The van der Waals surface area contributed by atoms with Crippen LogP contribution in [0.2, 0.25) is 0 Å². The fourth-order valence-corrected chi connectivity index (χ4v) is 2.51. The summed E-state index contributed by atoms with van der Waals surface area (Å²) < 4.78 is 5.09. The largest absolute Gasteiger partial charge is 0.497 e. The average molecular weight is 278 g/mol. The first-order chi connectivity index (χ1) is 9.51. The molecule has 2 rings (SSSR count). The van der Waals surface area contributed by atoms with Crippen LogP contribution in [-0.2, 0) is 11.2 Å². The molecular weight excluding hydrogens is 256 g/mol. The van der Waals surface area contributed by atoms with Crippen molar-refractivity contribution in [1.29, 1.82) is 0 Å². The van der Waals surface area contributed by atoms with Crippen LogP contribution in [0.4, 0.5) is 0 Å². The number of hydrogen-bond donors (Lipinski definition) is 1. The molecule has 0 spiro atoms. The SMILES string of the molecule is COc1ccc(CC(=O)N2C[C@@H](O)[C@H](N(C)C)C2)cc1. The van der Waals surface area contributed by atoms with E-state index < -0.39 is 6.10 Å². The van der Waals surface area contributed by atoms with Gasteiger partial charge in [0.15, 0.2) is 0 Å². The summed E-state index contributed by atoms with van der Waals surface area (Å²) in [6.07, 6.45) is -0.110. The second-order valence-electron chi connectivity index (χ2n) is 5.42. The highest BCUT2D eigenvalue weighted by Gasteiger charge is 2.34. The first-order valence-electron chi connectivity index (χ1n) is 6.76. The van der Waals surface area contributed by atoms with Gasteiger partial charge in [0.2, 0.25) is 5.91 Å². The summed E-state index contributed by atoms with van der Waals surface area (Å²) in [6, 6.07) is 7.52. The van der Waals surface area contributed by atoms with Gasteiger partial charge in [0.25, 0.3) is 0 Å². The number of aliphatic hydroxyl groups is 1. The minimum Gasteiger partial charge on any atom is -0.497 e. The van der Waals surface area contributed by atoms with Gasteiger partial charge >= 0.3 is 0 Å². The molecule has 1 aromatic carbocycles. The molecule has 2 atom stereocenters.